The van der Waals surface area contributed by atoms with Crippen molar-refractivity contribution in [3.8, 4) is 0 Å². The summed E-state index contributed by atoms with van der Waals surface area (Å²) in [6, 6.07) is 3.51. The summed E-state index contributed by atoms with van der Waals surface area (Å²) in [5, 5.41) is 35.0. The molecule has 0 aliphatic carbocycles. The van der Waals surface area contributed by atoms with Crippen molar-refractivity contribution in [3.63, 3.8) is 0 Å². The molecule has 13 nitrogen and oxygen atoms in total. The van der Waals surface area contributed by atoms with Crippen LogP contribution in [-0.4, -0.2) is 80.7 Å². The predicted octanol–water partition coefficient (Wildman–Crippen LogP) is -1.55. The molecule has 0 spiro atoms. The first-order valence-corrected chi connectivity index (χ1v) is 10.8. The summed E-state index contributed by atoms with van der Waals surface area (Å²) >= 11 is 0. The van der Waals surface area contributed by atoms with Crippen molar-refractivity contribution in [1.29, 1.82) is 0 Å². The third-order valence-corrected chi connectivity index (χ3v) is 5.22. The van der Waals surface area contributed by atoms with E-state index in [-0.39, 0.29) is 12.8 Å². The molecular weight excluding hydrogens is 462 g/mol. The van der Waals surface area contributed by atoms with Gasteiger partial charge in [-0.3, -0.25) is 19.2 Å². The van der Waals surface area contributed by atoms with Crippen LogP contribution in [0.4, 0.5) is 0 Å². The van der Waals surface area contributed by atoms with Crippen LogP contribution in [0.3, 0.4) is 0 Å². The highest BCUT2D eigenvalue weighted by Crippen LogP contribution is 2.18. The number of fused-ring (bicyclic) bond motifs is 1. The summed E-state index contributed by atoms with van der Waals surface area (Å²) < 4.78 is 0. The lowest BCUT2D eigenvalue weighted by molar-refractivity contribution is -0.144. The number of aromatic nitrogens is 1. The maximum Gasteiger partial charge on any atom is 0.328 e. The van der Waals surface area contributed by atoms with Crippen molar-refractivity contribution in [2.45, 2.75) is 50.4 Å². The van der Waals surface area contributed by atoms with Gasteiger partial charge in [-0.2, -0.15) is 0 Å². The van der Waals surface area contributed by atoms with E-state index in [1.165, 1.54) is 6.92 Å². The largest absolute Gasteiger partial charge is 0.481 e. The number of benzene rings is 1. The van der Waals surface area contributed by atoms with Gasteiger partial charge in [0.1, 0.15) is 6.04 Å². The zero-order valence-corrected chi connectivity index (χ0v) is 19.0. The van der Waals surface area contributed by atoms with Crippen LogP contribution in [0.25, 0.3) is 10.9 Å². The number of H-pyrrole nitrogens is 1. The number of carbonyl (C=O) groups excluding carboxylic acids is 3. The smallest absolute Gasteiger partial charge is 0.328 e. The number of aromatic amines is 1. The van der Waals surface area contributed by atoms with Crippen LogP contribution in [0.15, 0.2) is 30.5 Å². The maximum absolute atomic E-state index is 12.7. The minimum Gasteiger partial charge on any atom is -0.481 e. The highest BCUT2D eigenvalue weighted by molar-refractivity contribution is 5.93. The van der Waals surface area contributed by atoms with E-state index < -0.39 is 66.9 Å². The van der Waals surface area contributed by atoms with Crippen molar-refractivity contribution in [3.05, 3.63) is 36.0 Å². The second-order valence-electron chi connectivity index (χ2n) is 8.01. The fourth-order valence-corrected chi connectivity index (χ4v) is 3.35. The van der Waals surface area contributed by atoms with Crippen LogP contribution >= 0.6 is 0 Å². The standard InChI is InChI=1S/C22H29N5O8/c1-11(28)19(22(34)35)27-17(29)10-25-21(33)16(6-7-18(30)31)26-20(32)14(23)8-12-9-24-15-5-3-2-4-13(12)15/h2-5,9,11,14,16,19,24,28H,6-8,10,23H2,1H3,(H,25,33)(H,26,32)(H,27,29)(H,30,31)(H,34,35)/t11-,14+,16+,19+/m1/s1. The number of aliphatic hydroxyl groups excluding tert-OH is 1. The molecule has 2 aromatic rings. The molecule has 0 bridgehead atoms. The fraction of sp³-hybridized carbons (Fsp3) is 0.409. The van der Waals surface area contributed by atoms with Gasteiger partial charge in [0.05, 0.1) is 18.7 Å². The molecule has 1 aromatic carbocycles. The number of rotatable bonds is 13. The second-order valence-corrected chi connectivity index (χ2v) is 8.01. The van der Waals surface area contributed by atoms with Crippen LogP contribution in [0.5, 0.6) is 0 Å². The van der Waals surface area contributed by atoms with Crippen molar-refractivity contribution >= 4 is 40.6 Å². The van der Waals surface area contributed by atoms with Gasteiger partial charge in [-0.15, -0.1) is 0 Å². The van der Waals surface area contributed by atoms with E-state index in [0.29, 0.717) is 0 Å². The topological polar surface area (TPSA) is 224 Å². The Morgan fingerprint density at radius 3 is 2.37 bits per heavy atom. The molecule has 0 saturated carbocycles. The highest BCUT2D eigenvalue weighted by Gasteiger charge is 2.27. The van der Waals surface area contributed by atoms with E-state index in [4.69, 9.17) is 15.9 Å². The average molecular weight is 492 g/mol. The van der Waals surface area contributed by atoms with E-state index >= 15 is 0 Å². The average Bonchev–Trinajstić information content (AvgIpc) is 3.20. The van der Waals surface area contributed by atoms with E-state index in [1.54, 1.807) is 6.20 Å². The lowest BCUT2D eigenvalue weighted by Gasteiger charge is -2.21. The van der Waals surface area contributed by atoms with Gasteiger partial charge in [0.2, 0.25) is 17.7 Å². The minimum absolute atomic E-state index is 0.154. The Bertz CT molecular complexity index is 1080. The Morgan fingerprint density at radius 1 is 1.06 bits per heavy atom. The molecule has 0 aliphatic heterocycles. The molecule has 1 heterocycles. The fourth-order valence-electron chi connectivity index (χ4n) is 3.35. The van der Waals surface area contributed by atoms with Gasteiger partial charge in [-0.05, 0) is 31.4 Å². The highest BCUT2D eigenvalue weighted by atomic mass is 16.4. The summed E-state index contributed by atoms with van der Waals surface area (Å²) in [4.78, 5) is 62.3. The number of para-hydroxylation sites is 1. The number of aliphatic hydroxyl groups is 1. The van der Waals surface area contributed by atoms with Gasteiger partial charge in [-0.25, -0.2) is 4.79 Å². The van der Waals surface area contributed by atoms with Crippen molar-refractivity contribution in [2.24, 2.45) is 5.73 Å². The van der Waals surface area contributed by atoms with Crippen LogP contribution < -0.4 is 21.7 Å². The molecule has 3 amide bonds. The summed E-state index contributed by atoms with van der Waals surface area (Å²) in [7, 11) is 0. The van der Waals surface area contributed by atoms with E-state index in [0.717, 1.165) is 16.5 Å². The molecule has 0 aliphatic rings. The number of carbonyl (C=O) groups is 5. The predicted molar refractivity (Wildman–Crippen MR) is 123 cm³/mol. The van der Waals surface area contributed by atoms with Crippen LogP contribution in [0.2, 0.25) is 0 Å². The molecule has 13 heteroatoms. The summed E-state index contributed by atoms with van der Waals surface area (Å²) in [5.74, 6) is -5.09. The van der Waals surface area contributed by atoms with Crippen LogP contribution in [0.1, 0.15) is 25.3 Å². The quantitative estimate of drug-likeness (QED) is 0.162. The number of carboxylic acid groups (broad SMARTS) is 2. The molecule has 2 rings (SSSR count). The zero-order valence-electron chi connectivity index (χ0n) is 19.0. The van der Waals surface area contributed by atoms with Crippen molar-refractivity contribution < 1.29 is 39.3 Å². The molecule has 4 atom stereocenters. The molecule has 9 N–H and O–H groups in total. The normalized spacial score (nSPS) is 14.4. The first-order chi connectivity index (χ1) is 16.5. The van der Waals surface area contributed by atoms with E-state index in [9.17, 15) is 29.1 Å². The third kappa shape index (κ3) is 8.08. The lowest BCUT2D eigenvalue weighted by Crippen LogP contribution is -2.54. The number of amides is 3. The Labute approximate surface area is 200 Å². The zero-order chi connectivity index (χ0) is 26.1. The number of nitrogens with two attached hydrogens (primary N) is 1. The van der Waals surface area contributed by atoms with Gasteiger partial charge in [0.25, 0.3) is 0 Å². The van der Waals surface area contributed by atoms with Gasteiger partial charge >= 0.3 is 11.9 Å². The molecule has 0 radical (unpaired) electrons. The summed E-state index contributed by atoms with van der Waals surface area (Å²) in [6.07, 6.45) is -0.205. The third-order valence-electron chi connectivity index (χ3n) is 5.22. The number of hydrogen-bond donors (Lipinski definition) is 8. The maximum atomic E-state index is 12.7. The monoisotopic (exact) mass is 491 g/mol. The Hall–Kier alpha value is -3.97. The summed E-state index contributed by atoms with van der Waals surface area (Å²) in [5.41, 5.74) is 7.68. The molecule has 0 saturated heterocycles. The molecule has 190 valence electrons. The Morgan fingerprint density at radius 2 is 1.74 bits per heavy atom. The molecule has 0 unspecified atom stereocenters. The van der Waals surface area contributed by atoms with E-state index in [1.807, 2.05) is 24.3 Å². The second kappa shape index (κ2) is 12.5. The molecular formula is C22H29N5O8. The van der Waals surface area contributed by atoms with Crippen molar-refractivity contribution in [2.75, 3.05) is 6.54 Å². The minimum atomic E-state index is -1.58. The first kappa shape index (κ1) is 27.3. The number of hydrogen-bond acceptors (Lipinski definition) is 7. The Balaban J connectivity index is 1.99. The lowest BCUT2D eigenvalue weighted by atomic mass is 10.0. The molecule has 1 aromatic heterocycles. The van der Waals surface area contributed by atoms with Gasteiger partial charge in [0.15, 0.2) is 6.04 Å². The Kier molecular flexibility index (Phi) is 9.73. The number of nitrogens with one attached hydrogen (secondary N) is 4. The van der Waals surface area contributed by atoms with E-state index in [2.05, 4.69) is 20.9 Å². The van der Waals surface area contributed by atoms with Gasteiger partial charge in [0, 0.05) is 23.5 Å². The van der Waals surface area contributed by atoms with Crippen LogP contribution in [0, 0.1) is 0 Å². The van der Waals surface area contributed by atoms with Gasteiger partial charge in [-0.1, -0.05) is 18.2 Å². The number of carboxylic acids is 2. The van der Waals surface area contributed by atoms with Crippen LogP contribution in [-0.2, 0) is 30.4 Å². The molecule has 0 fully saturated rings. The molecule has 35 heavy (non-hydrogen) atoms. The SMILES string of the molecule is C[C@@H](O)[C@H](NC(=O)CNC(=O)[C@H](CCC(=O)O)NC(=O)[C@@H](N)Cc1c[nH]c2ccccc12)C(=O)O. The first-order valence-electron chi connectivity index (χ1n) is 10.8. The van der Waals surface area contributed by atoms with Crippen molar-refractivity contribution in [1.82, 2.24) is 20.9 Å². The van der Waals surface area contributed by atoms with Gasteiger partial charge < -0.3 is 42.0 Å². The number of aliphatic carboxylic acids is 2. The summed E-state index contributed by atoms with van der Waals surface area (Å²) in [6.45, 7) is 0.519.